The number of hydrogen-bond acceptors (Lipinski definition) is 2. The number of rotatable bonds is 3. The molecule has 1 unspecified atom stereocenters. The Bertz CT molecular complexity index is 442. The van der Waals surface area contributed by atoms with E-state index in [9.17, 15) is 4.39 Å². The molecule has 3 heteroatoms. The van der Waals surface area contributed by atoms with Crippen molar-refractivity contribution >= 4 is 0 Å². The van der Waals surface area contributed by atoms with E-state index in [0.29, 0.717) is 6.04 Å². The second-order valence-electron chi connectivity index (χ2n) is 6.30. The maximum atomic E-state index is 13.2. The van der Waals surface area contributed by atoms with Crippen LogP contribution in [-0.2, 0) is 6.54 Å². The van der Waals surface area contributed by atoms with Gasteiger partial charge in [-0.05, 0) is 50.5 Å². The zero-order valence-electron chi connectivity index (χ0n) is 12.5. The summed E-state index contributed by atoms with van der Waals surface area (Å²) in [6, 6.07) is 5.68. The zero-order chi connectivity index (χ0) is 14.0. The highest BCUT2D eigenvalue weighted by atomic mass is 19.1. The molecule has 1 N–H and O–H groups in total. The van der Waals surface area contributed by atoms with Crippen LogP contribution in [0.1, 0.15) is 38.3 Å². The summed E-state index contributed by atoms with van der Waals surface area (Å²) in [7, 11) is 0. The lowest BCUT2D eigenvalue weighted by Crippen LogP contribution is -2.61. The summed E-state index contributed by atoms with van der Waals surface area (Å²) in [5.41, 5.74) is 2.43. The van der Waals surface area contributed by atoms with Crippen LogP contribution in [0.15, 0.2) is 18.2 Å². The van der Waals surface area contributed by atoms with Crippen LogP contribution < -0.4 is 5.32 Å². The van der Waals surface area contributed by atoms with Gasteiger partial charge in [-0.1, -0.05) is 13.0 Å². The third-order valence-electron chi connectivity index (χ3n) is 4.08. The number of halogens is 1. The molecule has 1 heterocycles. The second-order valence-corrected chi connectivity index (χ2v) is 6.30. The molecule has 1 aromatic rings. The molecule has 1 fully saturated rings. The van der Waals surface area contributed by atoms with Gasteiger partial charge in [0.15, 0.2) is 0 Å². The Balaban J connectivity index is 2.14. The molecule has 106 valence electrons. The molecule has 2 nitrogen and oxygen atoms in total. The smallest absolute Gasteiger partial charge is 0.123 e. The number of piperazine rings is 1. The van der Waals surface area contributed by atoms with E-state index in [0.717, 1.165) is 31.6 Å². The Kier molecular flexibility index (Phi) is 4.26. The van der Waals surface area contributed by atoms with Crippen LogP contribution in [0.2, 0.25) is 0 Å². The molecule has 0 saturated carbocycles. The minimum Gasteiger partial charge on any atom is -0.309 e. The highest BCUT2D eigenvalue weighted by Gasteiger charge is 2.31. The maximum Gasteiger partial charge on any atom is 0.123 e. The molecule has 1 atom stereocenters. The van der Waals surface area contributed by atoms with Gasteiger partial charge in [0.25, 0.3) is 0 Å². The van der Waals surface area contributed by atoms with E-state index < -0.39 is 0 Å². The third kappa shape index (κ3) is 3.54. The quantitative estimate of drug-likeness (QED) is 0.902. The van der Waals surface area contributed by atoms with Gasteiger partial charge in [-0.3, -0.25) is 4.90 Å². The number of nitrogens with one attached hydrogen (secondary N) is 1. The van der Waals surface area contributed by atoms with Gasteiger partial charge in [0.05, 0.1) is 0 Å². The number of benzene rings is 1. The Hall–Kier alpha value is -0.930. The molecule has 1 aliphatic rings. The minimum atomic E-state index is -0.145. The van der Waals surface area contributed by atoms with Crippen molar-refractivity contribution in [1.29, 1.82) is 0 Å². The van der Waals surface area contributed by atoms with Crippen molar-refractivity contribution in [2.24, 2.45) is 0 Å². The van der Waals surface area contributed by atoms with Gasteiger partial charge in [0.2, 0.25) is 0 Å². The van der Waals surface area contributed by atoms with Crippen molar-refractivity contribution in [1.82, 2.24) is 10.2 Å². The first-order valence-electron chi connectivity index (χ1n) is 7.15. The van der Waals surface area contributed by atoms with Gasteiger partial charge in [-0.25, -0.2) is 4.39 Å². The van der Waals surface area contributed by atoms with E-state index in [1.165, 1.54) is 5.56 Å². The summed E-state index contributed by atoms with van der Waals surface area (Å²) in [4.78, 5) is 2.52. The molecule has 19 heavy (non-hydrogen) atoms. The van der Waals surface area contributed by atoms with E-state index in [1.54, 1.807) is 12.1 Å². The largest absolute Gasteiger partial charge is 0.309 e. The molecule has 0 radical (unpaired) electrons. The SMILES string of the molecule is CCC1CNC(C)(C)CN1Cc1ccc(F)cc1C. The maximum absolute atomic E-state index is 13.2. The van der Waals surface area contributed by atoms with Crippen LogP contribution in [0.5, 0.6) is 0 Å². The van der Waals surface area contributed by atoms with Crippen molar-refractivity contribution in [3.05, 3.63) is 35.1 Å². The normalized spacial score (nSPS) is 23.5. The predicted octanol–water partition coefficient (Wildman–Crippen LogP) is 3.10. The van der Waals surface area contributed by atoms with Gasteiger partial charge < -0.3 is 5.32 Å². The van der Waals surface area contributed by atoms with E-state index in [4.69, 9.17) is 0 Å². The summed E-state index contributed by atoms with van der Waals surface area (Å²) < 4.78 is 13.2. The first-order valence-corrected chi connectivity index (χ1v) is 7.15. The molecule has 0 amide bonds. The third-order valence-corrected chi connectivity index (χ3v) is 4.08. The molecule has 1 aromatic carbocycles. The molecule has 0 spiro atoms. The van der Waals surface area contributed by atoms with E-state index in [1.807, 2.05) is 13.0 Å². The number of nitrogens with zero attached hydrogens (tertiary/aromatic N) is 1. The van der Waals surface area contributed by atoms with Gasteiger partial charge in [-0.15, -0.1) is 0 Å². The fourth-order valence-corrected chi connectivity index (χ4v) is 2.86. The standard InChI is InChI=1S/C16H25FN2/c1-5-15-9-18-16(3,4)11-19(15)10-13-6-7-14(17)8-12(13)2/h6-8,15,18H,5,9-11H2,1-4H3. The summed E-state index contributed by atoms with van der Waals surface area (Å²) in [6.45, 7) is 11.7. The number of aryl methyl sites for hydroxylation is 1. The van der Waals surface area contributed by atoms with Gasteiger partial charge in [-0.2, -0.15) is 0 Å². The summed E-state index contributed by atoms with van der Waals surface area (Å²) >= 11 is 0. The molecule has 2 rings (SSSR count). The fourth-order valence-electron chi connectivity index (χ4n) is 2.86. The van der Waals surface area contributed by atoms with Gasteiger partial charge in [0, 0.05) is 31.2 Å². The van der Waals surface area contributed by atoms with Crippen molar-refractivity contribution < 1.29 is 4.39 Å². The lowest BCUT2D eigenvalue weighted by Gasteiger charge is -2.44. The number of hydrogen-bond donors (Lipinski definition) is 1. The molecular weight excluding hydrogens is 239 g/mol. The molecule has 1 saturated heterocycles. The Morgan fingerprint density at radius 2 is 2.16 bits per heavy atom. The predicted molar refractivity (Wildman–Crippen MR) is 77.7 cm³/mol. The summed E-state index contributed by atoms with van der Waals surface area (Å²) in [6.07, 6.45) is 1.14. The first-order chi connectivity index (χ1) is 8.91. The zero-order valence-corrected chi connectivity index (χ0v) is 12.5. The van der Waals surface area contributed by atoms with Crippen LogP contribution in [0.4, 0.5) is 4.39 Å². The van der Waals surface area contributed by atoms with Crippen molar-refractivity contribution in [3.8, 4) is 0 Å². The topological polar surface area (TPSA) is 15.3 Å². The van der Waals surface area contributed by atoms with Crippen molar-refractivity contribution in [2.45, 2.75) is 52.2 Å². The fraction of sp³-hybridized carbons (Fsp3) is 0.625. The van der Waals surface area contributed by atoms with E-state index in [-0.39, 0.29) is 11.4 Å². The van der Waals surface area contributed by atoms with Crippen LogP contribution in [0, 0.1) is 12.7 Å². The second kappa shape index (κ2) is 5.59. The van der Waals surface area contributed by atoms with Crippen molar-refractivity contribution in [2.75, 3.05) is 13.1 Å². The van der Waals surface area contributed by atoms with E-state index >= 15 is 0 Å². The summed E-state index contributed by atoms with van der Waals surface area (Å²) in [5.74, 6) is -0.145. The lowest BCUT2D eigenvalue weighted by molar-refractivity contribution is 0.0856. The van der Waals surface area contributed by atoms with E-state index in [2.05, 4.69) is 31.0 Å². The highest BCUT2D eigenvalue weighted by Crippen LogP contribution is 2.21. The Labute approximate surface area is 116 Å². The van der Waals surface area contributed by atoms with Gasteiger partial charge in [0.1, 0.15) is 5.82 Å². The molecule has 0 aliphatic carbocycles. The highest BCUT2D eigenvalue weighted by molar-refractivity contribution is 5.26. The first kappa shape index (κ1) is 14.5. The average molecular weight is 264 g/mol. The van der Waals surface area contributed by atoms with Crippen LogP contribution in [-0.4, -0.2) is 29.6 Å². The molecule has 1 aliphatic heterocycles. The summed E-state index contributed by atoms with van der Waals surface area (Å²) in [5, 5.41) is 3.60. The Morgan fingerprint density at radius 3 is 2.79 bits per heavy atom. The molecule has 0 bridgehead atoms. The lowest BCUT2D eigenvalue weighted by atomic mass is 9.96. The monoisotopic (exact) mass is 264 g/mol. The molecular formula is C16H25FN2. The van der Waals surface area contributed by atoms with Crippen LogP contribution >= 0.6 is 0 Å². The molecule has 0 aromatic heterocycles. The minimum absolute atomic E-state index is 0.145. The van der Waals surface area contributed by atoms with Crippen LogP contribution in [0.25, 0.3) is 0 Å². The average Bonchev–Trinajstić information content (AvgIpc) is 2.32. The van der Waals surface area contributed by atoms with Gasteiger partial charge >= 0.3 is 0 Å². The van der Waals surface area contributed by atoms with Crippen molar-refractivity contribution in [3.63, 3.8) is 0 Å². The van der Waals surface area contributed by atoms with Crippen LogP contribution in [0.3, 0.4) is 0 Å². The Morgan fingerprint density at radius 1 is 1.42 bits per heavy atom.